The van der Waals surface area contributed by atoms with Crippen LogP contribution in [0, 0.1) is 16.7 Å². The highest BCUT2D eigenvalue weighted by atomic mass is 16.1. The molecule has 0 bridgehead atoms. The molecule has 0 radical (unpaired) electrons. The zero-order valence-corrected chi connectivity index (χ0v) is 15.0. The minimum absolute atomic E-state index is 0.0487. The molecule has 0 saturated carbocycles. The fourth-order valence-corrected chi connectivity index (χ4v) is 3.65. The average Bonchev–Trinajstić information content (AvgIpc) is 2.70. The van der Waals surface area contributed by atoms with Gasteiger partial charge in [0.2, 0.25) is 0 Å². The third-order valence-corrected chi connectivity index (χ3v) is 5.12. The van der Waals surface area contributed by atoms with Crippen molar-refractivity contribution in [2.75, 3.05) is 0 Å². The van der Waals surface area contributed by atoms with Gasteiger partial charge in [0.15, 0.2) is 5.78 Å². The van der Waals surface area contributed by atoms with Crippen molar-refractivity contribution < 1.29 is 4.79 Å². The van der Waals surface area contributed by atoms with Gasteiger partial charge in [0, 0.05) is 5.56 Å². The molecular formula is C24H21NO. The van der Waals surface area contributed by atoms with Gasteiger partial charge in [0.05, 0.1) is 11.5 Å². The zero-order valence-electron chi connectivity index (χ0n) is 15.0. The zero-order chi connectivity index (χ0) is 18.6. The predicted octanol–water partition coefficient (Wildman–Crippen LogP) is 5.41. The van der Waals surface area contributed by atoms with E-state index >= 15 is 0 Å². The molecule has 0 aliphatic carbocycles. The van der Waals surface area contributed by atoms with Crippen LogP contribution in [-0.4, -0.2) is 5.78 Å². The summed E-state index contributed by atoms with van der Waals surface area (Å²) in [4.78, 5) is 13.5. The first kappa shape index (κ1) is 17.6. The van der Waals surface area contributed by atoms with Gasteiger partial charge in [-0.3, -0.25) is 4.79 Å². The first-order valence-electron chi connectivity index (χ1n) is 8.66. The number of hydrogen-bond donors (Lipinski definition) is 0. The minimum Gasteiger partial charge on any atom is -0.293 e. The van der Waals surface area contributed by atoms with Crippen molar-refractivity contribution in [2.45, 2.75) is 19.3 Å². The highest BCUT2D eigenvalue weighted by Gasteiger charge is 2.52. The number of rotatable bonds is 5. The summed E-state index contributed by atoms with van der Waals surface area (Å²) in [6, 6.07) is 30.9. The summed E-state index contributed by atoms with van der Waals surface area (Å²) >= 11 is 0. The average molecular weight is 339 g/mol. The molecule has 0 atom stereocenters. The van der Waals surface area contributed by atoms with Crippen molar-refractivity contribution in [3.8, 4) is 6.07 Å². The molecule has 2 nitrogen and oxygen atoms in total. The molecule has 0 saturated heterocycles. The van der Waals surface area contributed by atoms with Crippen molar-refractivity contribution in [1.82, 2.24) is 0 Å². The van der Waals surface area contributed by atoms with Crippen LogP contribution in [0.3, 0.4) is 0 Å². The Balaban J connectivity index is 2.27. The molecule has 0 spiro atoms. The van der Waals surface area contributed by atoms with E-state index in [1.807, 2.05) is 105 Å². The minimum atomic E-state index is -1.09. The number of nitrogens with zero attached hydrogens (tertiary/aromatic N) is 1. The van der Waals surface area contributed by atoms with Gasteiger partial charge in [-0.1, -0.05) is 105 Å². The SMILES string of the molecule is CC(C)(C(=O)c1ccccc1)C(C#N)(c1ccccc1)c1ccccc1. The molecule has 0 heterocycles. The molecule has 3 aromatic rings. The normalized spacial score (nSPS) is 11.6. The molecule has 26 heavy (non-hydrogen) atoms. The van der Waals surface area contributed by atoms with E-state index in [1.54, 1.807) is 0 Å². The maximum atomic E-state index is 13.5. The molecule has 2 heteroatoms. The molecule has 3 aromatic carbocycles. The number of Topliss-reactive ketones (excluding diaryl/α,β-unsaturated/α-hetero) is 1. The van der Waals surface area contributed by atoms with Crippen LogP contribution >= 0.6 is 0 Å². The number of hydrogen-bond acceptors (Lipinski definition) is 2. The second-order valence-corrected chi connectivity index (χ2v) is 6.91. The van der Waals surface area contributed by atoms with Crippen LogP contribution in [0.2, 0.25) is 0 Å². The topological polar surface area (TPSA) is 40.9 Å². The van der Waals surface area contributed by atoms with Crippen molar-refractivity contribution in [2.24, 2.45) is 5.41 Å². The third-order valence-electron chi connectivity index (χ3n) is 5.12. The standard InChI is InChI=1S/C24H21NO/c1-23(2,22(26)19-12-6-3-7-13-19)24(18-25,20-14-8-4-9-15-20)21-16-10-5-11-17-21/h3-17H,1-2H3. The van der Waals surface area contributed by atoms with Gasteiger partial charge >= 0.3 is 0 Å². The van der Waals surface area contributed by atoms with E-state index in [0.717, 1.165) is 11.1 Å². The highest BCUT2D eigenvalue weighted by Crippen LogP contribution is 2.48. The summed E-state index contributed by atoms with van der Waals surface area (Å²) < 4.78 is 0. The number of carbonyl (C=O) groups is 1. The predicted molar refractivity (Wildman–Crippen MR) is 104 cm³/mol. The van der Waals surface area contributed by atoms with Crippen LogP contribution in [-0.2, 0) is 5.41 Å². The Hall–Kier alpha value is -3.18. The van der Waals surface area contributed by atoms with E-state index in [2.05, 4.69) is 6.07 Å². The lowest BCUT2D eigenvalue weighted by Gasteiger charge is -2.41. The van der Waals surface area contributed by atoms with E-state index in [-0.39, 0.29) is 5.78 Å². The van der Waals surface area contributed by atoms with Crippen molar-refractivity contribution >= 4 is 5.78 Å². The van der Waals surface area contributed by atoms with Crippen LogP contribution < -0.4 is 0 Å². The second-order valence-electron chi connectivity index (χ2n) is 6.91. The molecule has 0 amide bonds. The van der Waals surface area contributed by atoms with Crippen LogP contribution in [0.1, 0.15) is 35.3 Å². The third kappa shape index (κ3) is 2.72. The maximum Gasteiger partial charge on any atom is 0.170 e. The first-order valence-corrected chi connectivity index (χ1v) is 8.66. The van der Waals surface area contributed by atoms with Crippen LogP contribution in [0.5, 0.6) is 0 Å². The molecule has 128 valence electrons. The number of ketones is 1. The largest absolute Gasteiger partial charge is 0.293 e. The van der Waals surface area contributed by atoms with Crippen molar-refractivity contribution in [3.63, 3.8) is 0 Å². The van der Waals surface area contributed by atoms with Crippen molar-refractivity contribution in [1.29, 1.82) is 5.26 Å². The summed E-state index contributed by atoms with van der Waals surface area (Å²) in [5, 5.41) is 10.4. The van der Waals surface area contributed by atoms with E-state index in [0.29, 0.717) is 5.56 Å². The monoisotopic (exact) mass is 339 g/mol. The Kier molecular flexibility index (Phi) is 4.73. The van der Waals surface area contributed by atoms with Crippen molar-refractivity contribution in [3.05, 3.63) is 108 Å². The molecule has 0 unspecified atom stereocenters. The summed E-state index contributed by atoms with van der Waals surface area (Å²) in [6.07, 6.45) is 0. The van der Waals surface area contributed by atoms with E-state index < -0.39 is 10.8 Å². The maximum absolute atomic E-state index is 13.5. The molecular weight excluding hydrogens is 318 g/mol. The van der Waals surface area contributed by atoms with E-state index in [4.69, 9.17) is 0 Å². The summed E-state index contributed by atoms with van der Waals surface area (Å²) in [7, 11) is 0. The molecule has 0 fully saturated rings. The first-order chi connectivity index (χ1) is 12.5. The summed E-state index contributed by atoms with van der Waals surface area (Å²) in [6.45, 7) is 3.73. The fourth-order valence-electron chi connectivity index (χ4n) is 3.65. The van der Waals surface area contributed by atoms with Gasteiger partial charge in [-0.25, -0.2) is 0 Å². The van der Waals surface area contributed by atoms with Gasteiger partial charge in [-0.15, -0.1) is 0 Å². The smallest absolute Gasteiger partial charge is 0.170 e. The second kappa shape index (κ2) is 6.98. The summed E-state index contributed by atoms with van der Waals surface area (Å²) in [5.41, 5.74) is 0.198. The Labute approximate surface area is 154 Å². The molecule has 0 aromatic heterocycles. The summed E-state index contributed by atoms with van der Waals surface area (Å²) in [5.74, 6) is -0.0487. The fraction of sp³-hybridized carbons (Fsp3) is 0.167. The number of benzene rings is 3. The Bertz CT molecular complexity index is 883. The molecule has 0 N–H and O–H groups in total. The van der Waals surface area contributed by atoms with Gasteiger partial charge in [-0.2, -0.15) is 5.26 Å². The van der Waals surface area contributed by atoms with Gasteiger partial charge in [0.25, 0.3) is 0 Å². The van der Waals surface area contributed by atoms with Gasteiger partial charge < -0.3 is 0 Å². The quantitative estimate of drug-likeness (QED) is 0.584. The molecule has 3 rings (SSSR count). The Morgan fingerprint density at radius 1 is 0.731 bits per heavy atom. The lowest BCUT2D eigenvalue weighted by atomic mass is 9.56. The highest BCUT2D eigenvalue weighted by molar-refractivity contribution is 6.02. The van der Waals surface area contributed by atoms with Crippen LogP contribution in [0.25, 0.3) is 0 Å². The Morgan fingerprint density at radius 2 is 1.12 bits per heavy atom. The van der Waals surface area contributed by atoms with E-state index in [1.165, 1.54) is 0 Å². The van der Waals surface area contributed by atoms with Gasteiger partial charge in [0.1, 0.15) is 5.41 Å². The van der Waals surface area contributed by atoms with Gasteiger partial charge in [-0.05, 0) is 11.1 Å². The lowest BCUT2D eigenvalue weighted by Crippen LogP contribution is -2.47. The lowest BCUT2D eigenvalue weighted by molar-refractivity contribution is 0.0776. The van der Waals surface area contributed by atoms with E-state index in [9.17, 15) is 10.1 Å². The van der Waals surface area contributed by atoms with Crippen LogP contribution in [0.15, 0.2) is 91.0 Å². The molecule has 0 aliphatic rings. The Morgan fingerprint density at radius 3 is 1.50 bits per heavy atom. The number of carbonyl (C=O) groups excluding carboxylic acids is 1. The van der Waals surface area contributed by atoms with Crippen LogP contribution in [0.4, 0.5) is 0 Å². The number of nitriles is 1. The molecule has 0 aliphatic heterocycles.